The summed E-state index contributed by atoms with van der Waals surface area (Å²) in [5, 5.41) is 0. The van der Waals surface area contributed by atoms with Gasteiger partial charge in [-0.2, -0.15) is 0 Å². The van der Waals surface area contributed by atoms with Crippen molar-refractivity contribution in [2.45, 2.75) is 162 Å². The molecule has 2 aliphatic carbocycles. The number of rotatable bonds is 13. The van der Waals surface area contributed by atoms with Crippen LogP contribution in [0.2, 0.25) is 0 Å². The number of fused-ring (bicyclic) bond motifs is 4. The summed E-state index contributed by atoms with van der Waals surface area (Å²) in [6.07, 6.45) is 18.5. The van der Waals surface area contributed by atoms with E-state index < -0.39 is 0 Å². The van der Waals surface area contributed by atoms with Crippen LogP contribution < -0.4 is 0 Å². The zero-order valence-corrected chi connectivity index (χ0v) is 27.0. The second-order valence-corrected chi connectivity index (χ2v) is 14.2. The van der Waals surface area contributed by atoms with E-state index in [1.165, 1.54) is 89.9 Å². The van der Waals surface area contributed by atoms with Crippen LogP contribution in [0, 0.1) is 11.8 Å². The Kier molecular flexibility index (Phi) is 9.77. The van der Waals surface area contributed by atoms with Crippen LogP contribution in [0.25, 0.3) is 11.1 Å². The molecule has 0 amide bonds. The highest BCUT2D eigenvalue weighted by Crippen LogP contribution is 2.58. The quantitative estimate of drug-likeness (QED) is 0.227. The third kappa shape index (κ3) is 5.65. The fourth-order valence-corrected chi connectivity index (χ4v) is 8.35. The van der Waals surface area contributed by atoms with Crippen molar-refractivity contribution in [3.8, 4) is 11.1 Å². The minimum atomic E-state index is 0.158. The molecule has 0 saturated carbocycles. The predicted octanol–water partition coefficient (Wildman–Crippen LogP) is 12.3. The van der Waals surface area contributed by atoms with Crippen molar-refractivity contribution in [2.75, 3.05) is 0 Å². The maximum Gasteiger partial charge on any atom is 0.0220 e. The second kappa shape index (κ2) is 12.5. The molecule has 0 nitrogen and oxygen atoms in total. The van der Waals surface area contributed by atoms with Gasteiger partial charge in [0.2, 0.25) is 0 Å². The molecular formula is C39H60. The minimum Gasteiger partial charge on any atom is -0.0654 e. The molecule has 2 bridgehead atoms. The SMILES string of the molecule is CCCCCC(CC)CC12CC(CCC)CCC(C)(CC)c3ccc(c1c3)-c1ccc(C(C)(CC)CC)cc12. The van der Waals surface area contributed by atoms with Gasteiger partial charge in [0.25, 0.3) is 0 Å². The summed E-state index contributed by atoms with van der Waals surface area (Å²) in [7, 11) is 0. The van der Waals surface area contributed by atoms with Crippen LogP contribution in [0.4, 0.5) is 0 Å². The fraction of sp³-hybridized carbons (Fsp3) is 0.692. The van der Waals surface area contributed by atoms with Crippen LogP contribution in [0.5, 0.6) is 0 Å². The Bertz CT molecular complexity index is 1090. The zero-order chi connectivity index (χ0) is 28.3. The van der Waals surface area contributed by atoms with E-state index in [2.05, 4.69) is 91.8 Å². The molecular weight excluding hydrogens is 468 g/mol. The summed E-state index contributed by atoms with van der Waals surface area (Å²) < 4.78 is 0. The highest BCUT2D eigenvalue weighted by Gasteiger charge is 2.47. The Hall–Kier alpha value is -1.56. The van der Waals surface area contributed by atoms with Crippen LogP contribution >= 0.6 is 0 Å². The van der Waals surface area contributed by atoms with Gasteiger partial charge in [-0.3, -0.25) is 0 Å². The minimum absolute atomic E-state index is 0.158. The van der Waals surface area contributed by atoms with Gasteiger partial charge in [-0.15, -0.1) is 0 Å². The highest BCUT2D eigenvalue weighted by molar-refractivity contribution is 5.82. The Morgan fingerprint density at radius 1 is 0.872 bits per heavy atom. The lowest BCUT2D eigenvalue weighted by molar-refractivity contribution is 0.251. The van der Waals surface area contributed by atoms with Crippen LogP contribution in [0.3, 0.4) is 0 Å². The van der Waals surface area contributed by atoms with Crippen LogP contribution in [-0.2, 0) is 16.2 Å². The summed E-state index contributed by atoms with van der Waals surface area (Å²) in [4.78, 5) is 0. The predicted molar refractivity (Wildman–Crippen MR) is 173 cm³/mol. The summed E-state index contributed by atoms with van der Waals surface area (Å²) in [5.74, 6) is 1.60. The molecule has 0 radical (unpaired) electrons. The largest absolute Gasteiger partial charge is 0.0654 e. The summed E-state index contributed by atoms with van der Waals surface area (Å²) in [6.45, 7) is 19.5. The van der Waals surface area contributed by atoms with Gasteiger partial charge in [0, 0.05) is 5.41 Å². The van der Waals surface area contributed by atoms with Crippen molar-refractivity contribution in [1.82, 2.24) is 0 Å². The standard InChI is InChI=1S/C39H60/c1-9-15-16-18-29(11-3)27-39-28-30(17-10-2)23-24-38(8,14-6)32-20-22-34(36(39)26-32)33-21-19-31(25-35(33)39)37(7,12-4)13-5/h19-22,25-26,29-30H,9-18,23-24,27-28H2,1-8H3. The monoisotopic (exact) mass is 528 g/mol. The van der Waals surface area contributed by atoms with Crippen molar-refractivity contribution in [1.29, 1.82) is 0 Å². The topological polar surface area (TPSA) is 0 Å². The average Bonchev–Trinajstić information content (AvgIpc) is 3.24. The Balaban J connectivity index is 1.97. The molecule has 0 spiro atoms. The van der Waals surface area contributed by atoms with Gasteiger partial charge in [-0.25, -0.2) is 0 Å². The number of hydrogen-bond acceptors (Lipinski definition) is 0. The van der Waals surface area contributed by atoms with Gasteiger partial charge >= 0.3 is 0 Å². The normalized spacial score (nSPS) is 25.1. The van der Waals surface area contributed by atoms with E-state index in [1.54, 1.807) is 33.4 Å². The fourth-order valence-electron chi connectivity index (χ4n) is 8.35. The molecule has 0 N–H and O–H groups in total. The molecule has 2 aliphatic rings. The van der Waals surface area contributed by atoms with Gasteiger partial charge in [-0.1, -0.05) is 137 Å². The molecule has 0 heteroatoms. The zero-order valence-electron chi connectivity index (χ0n) is 27.0. The Morgan fingerprint density at radius 2 is 1.56 bits per heavy atom. The first-order valence-electron chi connectivity index (χ1n) is 17.0. The molecule has 39 heavy (non-hydrogen) atoms. The molecule has 4 unspecified atom stereocenters. The average molecular weight is 529 g/mol. The molecule has 2 aromatic rings. The van der Waals surface area contributed by atoms with Crippen molar-refractivity contribution < 1.29 is 0 Å². The van der Waals surface area contributed by atoms with Crippen LogP contribution in [0.1, 0.15) is 168 Å². The third-order valence-electron chi connectivity index (χ3n) is 12.0. The lowest BCUT2D eigenvalue weighted by atomic mass is 9.64. The Morgan fingerprint density at radius 3 is 2.18 bits per heavy atom. The molecule has 216 valence electrons. The summed E-state index contributed by atoms with van der Waals surface area (Å²) in [5.41, 5.74) is 10.3. The molecule has 2 aromatic carbocycles. The molecule has 0 aromatic heterocycles. The second-order valence-electron chi connectivity index (χ2n) is 14.2. The number of hydrogen-bond donors (Lipinski definition) is 0. The first kappa shape index (κ1) is 30.4. The van der Waals surface area contributed by atoms with E-state index in [4.69, 9.17) is 0 Å². The van der Waals surface area contributed by atoms with Gasteiger partial charge in [0.1, 0.15) is 0 Å². The molecule has 4 rings (SSSR count). The first-order valence-corrected chi connectivity index (χ1v) is 17.0. The van der Waals surface area contributed by atoms with Gasteiger partial charge in [0.15, 0.2) is 0 Å². The van der Waals surface area contributed by atoms with E-state index in [0.717, 1.165) is 11.8 Å². The van der Waals surface area contributed by atoms with E-state index in [9.17, 15) is 0 Å². The van der Waals surface area contributed by atoms with Gasteiger partial charge in [-0.05, 0) is 101 Å². The summed E-state index contributed by atoms with van der Waals surface area (Å²) in [6, 6.07) is 15.5. The molecule has 0 heterocycles. The number of unbranched alkanes of at least 4 members (excludes halogenated alkanes) is 2. The van der Waals surface area contributed by atoms with Crippen molar-refractivity contribution in [3.05, 3.63) is 58.7 Å². The van der Waals surface area contributed by atoms with E-state index in [0.29, 0.717) is 0 Å². The van der Waals surface area contributed by atoms with E-state index >= 15 is 0 Å². The molecule has 0 fully saturated rings. The Labute approximate surface area is 242 Å². The maximum atomic E-state index is 2.73. The molecule has 4 atom stereocenters. The van der Waals surface area contributed by atoms with Crippen molar-refractivity contribution >= 4 is 0 Å². The summed E-state index contributed by atoms with van der Waals surface area (Å²) >= 11 is 0. The molecule has 0 aliphatic heterocycles. The van der Waals surface area contributed by atoms with Gasteiger partial charge in [0.05, 0.1) is 0 Å². The van der Waals surface area contributed by atoms with E-state index in [1.807, 2.05) is 0 Å². The van der Waals surface area contributed by atoms with Crippen molar-refractivity contribution in [2.24, 2.45) is 11.8 Å². The molecule has 0 saturated heterocycles. The lowest BCUT2D eigenvalue weighted by Crippen LogP contribution is -2.32. The first-order chi connectivity index (χ1) is 18.7. The van der Waals surface area contributed by atoms with Crippen molar-refractivity contribution in [3.63, 3.8) is 0 Å². The highest BCUT2D eigenvalue weighted by atomic mass is 14.5. The van der Waals surface area contributed by atoms with Crippen LogP contribution in [-0.4, -0.2) is 0 Å². The maximum absolute atomic E-state index is 2.73. The lowest BCUT2D eigenvalue weighted by Gasteiger charge is -2.39. The smallest absolute Gasteiger partial charge is 0.0220 e. The van der Waals surface area contributed by atoms with Crippen LogP contribution in [0.15, 0.2) is 36.4 Å². The van der Waals surface area contributed by atoms with Gasteiger partial charge < -0.3 is 0 Å². The number of benzene rings is 2. The van der Waals surface area contributed by atoms with E-state index in [-0.39, 0.29) is 16.2 Å². The third-order valence-corrected chi connectivity index (χ3v) is 12.0.